The summed E-state index contributed by atoms with van der Waals surface area (Å²) in [6.07, 6.45) is 7.56. The number of hydrogen-bond donors (Lipinski definition) is 2. The van der Waals surface area contributed by atoms with Crippen LogP contribution in [0.15, 0.2) is 0 Å². The van der Waals surface area contributed by atoms with Gasteiger partial charge in [0.2, 0.25) is 5.91 Å². The molecular formula is C14H29Cl2N3O. The number of rotatable bonds is 5. The summed E-state index contributed by atoms with van der Waals surface area (Å²) in [6.45, 7) is 6.33. The van der Waals surface area contributed by atoms with E-state index in [4.69, 9.17) is 0 Å². The van der Waals surface area contributed by atoms with Crippen LogP contribution in [0.4, 0.5) is 0 Å². The van der Waals surface area contributed by atoms with Gasteiger partial charge in [0.25, 0.3) is 0 Å². The molecule has 0 aliphatic carbocycles. The van der Waals surface area contributed by atoms with Gasteiger partial charge in [0.1, 0.15) is 0 Å². The average molecular weight is 326 g/mol. The Labute approximate surface area is 135 Å². The standard InChI is InChI=1S/C14H27N3O.2ClH/c18-14(13-6-8-15-12-13)16-7-5-11-17-9-3-1-2-4-10-17;;/h13,15H,1-12H2,(H,16,18);2*1H. The van der Waals surface area contributed by atoms with Gasteiger partial charge in [0.15, 0.2) is 0 Å². The van der Waals surface area contributed by atoms with E-state index in [0.717, 1.165) is 39.0 Å². The van der Waals surface area contributed by atoms with Crippen molar-refractivity contribution in [2.75, 3.05) is 39.3 Å². The van der Waals surface area contributed by atoms with E-state index in [2.05, 4.69) is 15.5 Å². The van der Waals surface area contributed by atoms with Crippen molar-refractivity contribution in [2.45, 2.75) is 38.5 Å². The Hall–Kier alpha value is -0.0300. The topological polar surface area (TPSA) is 44.4 Å². The molecule has 1 atom stereocenters. The lowest BCUT2D eigenvalue weighted by atomic mass is 10.1. The van der Waals surface area contributed by atoms with E-state index in [1.165, 1.54) is 38.8 Å². The fourth-order valence-electron chi connectivity index (χ4n) is 2.90. The predicted molar refractivity (Wildman–Crippen MR) is 88.0 cm³/mol. The molecule has 2 N–H and O–H groups in total. The molecule has 0 bridgehead atoms. The number of carbonyl (C=O) groups excluding carboxylic acids is 1. The second-order valence-corrected chi connectivity index (χ2v) is 5.59. The van der Waals surface area contributed by atoms with Crippen molar-refractivity contribution in [2.24, 2.45) is 5.92 Å². The molecule has 4 nitrogen and oxygen atoms in total. The average Bonchev–Trinajstić information content (AvgIpc) is 2.80. The highest BCUT2D eigenvalue weighted by molar-refractivity contribution is 5.85. The minimum atomic E-state index is 0. The molecule has 2 heterocycles. The van der Waals surface area contributed by atoms with Gasteiger partial charge in [-0.3, -0.25) is 4.79 Å². The number of likely N-dealkylation sites (tertiary alicyclic amines) is 1. The third-order valence-electron chi connectivity index (χ3n) is 4.08. The van der Waals surface area contributed by atoms with E-state index < -0.39 is 0 Å². The molecule has 2 aliphatic rings. The maximum absolute atomic E-state index is 11.8. The van der Waals surface area contributed by atoms with Crippen LogP contribution in [0.25, 0.3) is 0 Å². The maximum Gasteiger partial charge on any atom is 0.224 e. The van der Waals surface area contributed by atoms with E-state index >= 15 is 0 Å². The summed E-state index contributed by atoms with van der Waals surface area (Å²) in [6, 6.07) is 0. The molecule has 2 aliphatic heterocycles. The van der Waals surface area contributed by atoms with Crippen LogP contribution < -0.4 is 10.6 Å². The summed E-state index contributed by atoms with van der Waals surface area (Å²) in [5.74, 6) is 0.457. The van der Waals surface area contributed by atoms with Gasteiger partial charge in [-0.05, 0) is 51.9 Å². The lowest BCUT2D eigenvalue weighted by molar-refractivity contribution is -0.124. The molecule has 0 saturated carbocycles. The molecule has 0 radical (unpaired) electrons. The molecule has 6 heteroatoms. The summed E-state index contributed by atoms with van der Waals surface area (Å²) < 4.78 is 0. The molecule has 0 aromatic carbocycles. The largest absolute Gasteiger partial charge is 0.356 e. The smallest absolute Gasteiger partial charge is 0.224 e. The molecule has 20 heavy (non-hydrogen) atoms. The Bertz CT molecular complexity index is 253. The second-order valence-electron chi connectivity index (χ2n) is 5.59. The molecular weight excluding hydrogens is 297 g/mol. The highest BCUT2D eigenvalue weighted by atomic mass is 35.5. The van der Waals surface area contributed by atoms with Crippen LogP contribution in [-0.4, -0.2) is 50.1 Å². The number of halogens is 2. The summed E-state index contributed by atoms with van der Waals surface area (Å²) in [7, 11) is 0. The first-order valence-corrected chi connectivity index (χ1v) is 7.57. The van der Waals surface area contributed by atoms with Crippen LogP contribution >= 0.6 is 24.8 Å². The van der Waals surface area contributed by atoms with Crippen molar-refractivity contribution in [1.82, 2.24) is 15.5 Å². The predicted octanol–water partition coefficient (Wildman–Crippen LogP) is 1.82. The Morgan fingerprint density at radius 2 is 1.85 bits per heavy atom. The second kappa shape index (κ2) is 11.6. The lowest BCUT2D eigenvalue weighted by Gasteiger charge is -2.19. The number of hydrogen-bond acceptors (Lipinski definition) is 3. The van der Waals surface area contributed by atoms with Gasteiger partial charge in [0, 0.05) is 13.1 Å². The van der Waals surface area contributed by atoms with Crippen LogP contribution in [0, 0.1) is 5.92 Å². The Morgan fingerprint density at radius 3 is 2.45 bits per heavy atom. The zero-order valence-electron chi connectivity index (χ0n) is 12.2. The molecule has 0 spiro atoms. The van der Waals surface area contributed by atoms with Crippen molar-refractivity contribution < 1.29 is 4.79 Å². The van der Waals surface area contributed by atoms with Crippen LogP contribution in [0.1, 0.15) is 38.5 Å². The molecule has 0 aromatic rings. The molecule has 2 saturated heterocycles. The van der Waals surface area contributed by atoms with Gasteiger partial charge in [-0.15, -0.1) is 24.8 Å². The third-order valence-corrected chi connectivity index (χ3v) is 4.08. The Kier molecular flexibility index (Phi) is 11.6. The van der Waals surface area contributed by atoms with Gasteiger partial charge in [-0.1, -0.05) is 12.8 Å². The first-order valence-electron chi connectivity index (χ1n) is 7.57. The highest BCUT2D eigenvalue weighted by Crippen LogP contribution is 2.10. The Balaban J connectivity index is 0.00000180. The molecule has 2 rings (SSSR count). The zero-order valence-corrected chi connectivity index (χ0v) is 13.9. The van der Waals surface area contributed by atoms with Crippen LogP contribution in [0.3, 0.4) is 0 Å². The zero-order chi connectivity index (χ0) is 12.6. The monoisotopic (exact) mass is 325 g/mol. The van der Waals surface area contributed by atoms with Crippen LogP contribution in [0.2, 0.25) is 0 Å². The minimum Gasteiger partial charge on any atom is -0.356 e. The number of carbonyl (C=O) groups is 1. The SMILES string of the molecule is Cl.Cl.O=C(NCCCN1CCCCCC1)C1CCNC1. The van der Waals surface area contributed by atoms with E-state index in [9.17, 15) is 4.79 Å². The minimum absolute atomic E-state index is 0. The van der Waals surface area contributed by atoms with E-state index in [1.807, 2.05) is 0 Å². The highest BCUT2D eigenvalue weighted by Gasteiger charge is 2.21. The number of nitrogens with one attached hydrogen (secondary N) is 2. The van der Waals surface area contributed by atoms with Crippen molar-refractivity contribution >= 4 is 30.7 Å². The summed E-state index contributed by atoms with van der Waals surface area (Å²) >= 11 is 0. The molecule has 1 unspecified atom stereocenters. The molecule has 2 fully saturated rings. The summed E-state index contributed by atoms with van der Waals surface area (Å²) in [5, 5.41) is 6.31. The fraction of sp³-hybridized carbons (Fsp3) is 0.929. The summed E-state index contributed by atoms with van der Waals surface area (Å²) in [5.41, 5.74) is 0. The quantitative estimate of drug-likeness (QED) is 0.758. The van der Waals surface area contributed by atoms with Gasteiger partial charge in [-0.25, -0.2) is 0 Å². The van der Waals surface area contributed by atoms with Crippen LogP contribution in [-0.2, 0) is 4.79 Å². The molecule has 0 aromatic heterocycles. The first kappa shape index (κ1) is 20.0. The maximum atomic E-state index is 11.8. The lowest BCUT2D eigenvalue weighted by Crippen LogP contribution is -2.34. The van der Waals surface area contributed by atoms with Crippen molar-refractivity contribution in [1.29, 1.82) is 0 Å². The van der Waals surface area contributed by atoms with Gasteiger partial charge in [-0.2, -0.15) is 0 Å². The van der Waals surface area contributed by atoms with Gasteiger partial charge < -0.3 is 15.5 Å². The van der Waals surface area contributed by atoms with Crippen molar-refractivity contribution in [3.63, 3.8) is 0 Å². The van der Waals surface area contributed by atoms with Gasteiger partial charge >= 0.3 is 0 Å². The summed E-state index contributed by atoms with van der Waals surface area (Å²) in [4.78, 5) is 14.3. The van der Waals surface area contributed by atoms with E-state index in [0.29, 0.717) is 0 Å². The van der Waals surface area contributed by atoms with Gasteiger partial charge in [0.05, 0.1) is 5.92 Å². The number of amides is 1. The normalized spacial score (nSPS) is 23.3. The van der Waals surface area contributed by atoms with Crippen molar-refractivity contribution in [3.8, 4) is 0 Å². The van der Waals surface area contributed by atoms with E-state index in [-0.39, 0.29) is 36.6 Å². The molecule has 120 valence electrons. The first-order chi connectivity index (χ1) is 8.86. The van der Waals surface area contributed by atoms with Crippen molar-refractivity contribution in [3.05, 3.63) is 0 Å². The van der Waals surface area contributed by atoms with E-state index in [1.54, 1.807) is 0 Å². The third kappa shape index (κ3) is 7.11. The number of nitrogens with zero attached hydrogens (tertiary/aromatic N) is 1. The Morgan fingerprint density at radius 1 is 1.15 bits per heavy atom. The van der Waals surface area contributed by atoms with Crippen LogP contribution in [0.5, 0.6) is 0 Å². The fourth-order valence-corrected chi connectivity index (χ4v) is 2.90. The molecule has 1 amide bonds.